The zero-order chi connectivity index (χ0) is 18.4. The Morgan fingerprint density at radius 3 is 2.50 bits per heavy atom. The van der Waals surface area contributed by atoms with Gasteiger partial charge in [-0.25, -0.2) is 23.1 Å². The molecule has 0 aliphatic rings. The number of methoxy groups -OCH3 is 1. The molecule has 0 bridgehead atoms. The van der Waals surface area contributed by atoms with Crippen molar-refractivity contribution in [1.29, 1.82) is 0 Å². The van der Waals surface area contributed by atoms with E-state index in [1.165, 1.54) is 30.1 Å². The van der Waals surface area contributed by atoms with Gasteiger partial charge in [0.1, 0.15) is 18.0 Å². The van der Waals surface area contributed by atoms with Crippen LogP contribution in [-0.4, -0.2) is 32.8 Å². The molecule has 0 amide bonds. The topological polar surface area (TPSA) is 76.7 Å². The smallest absolute Gasteiger partial charge is 0.360 e. The monoisotopic (exact) mass is 355 g/mol. The normalized spacial score (nSPS) is 11.2. The Bertz CT molecular complexity index is 1170. The number of aromatic nitrogens is 3. The average Bonchev–Trinajstić information content (AvgIpc) is 3.10. The van der Waals surface area contributed by atoms with Crippen LogP contribution in [0, 0.1) is 11.6 Å². The molecule has 0 aliphatic carbocycles. The molecule has 26 heavy (non-hydrogen) atoms. The van der Waals surface area contributed by atoms with Gasteiger partial charge in [-0.05, 0) is 35.4 Å². The van der Waals surface area contributed by atoms with E-state index < -0.39 is 17.6 Å². The number of nitrogens with zero attached hydrogens (tertiary/aromatic N) is 3. The van der Waals surface area contributed by atoms with E-state index >= 15 is 0 Å². The average molecular weight is 355 g/mol. The van der Waals surface area contributed by atoms with Crippen LogP contribution >= 0.6 is 0 Å². The van der Waals surface area contributed by atoms with Crippen molar-refractivity contribution >= 4 is 22.4 Å². The zero-order valence-electron chi connectivity index (χ0n) is 13.4. The van der Waals surface area contributed by atoms with Gasteiger partial charge < -0.3 is 9.84 Å². The van der Waals surface area contributed by atoms with Gasteiger partial charge in [0.25, 0.3) is 0 Å². The predicted octanol–water partition coefficient (Wildman–Crippen LogP) is 3.32. The summed E-state index contributed by atoms with van der Waals surface area (Å²) in [6.45, 7) is 0. The van der Waals surface area contributed by atoms with Crippen LogP contribution in [0.2, 0.25) is 0 Å². The molecular weight excluding hydrogens is 344 g/mol. The molecule has 2 heterocycles. The number of carbonyl (C=O) groups is 1. The second-order valence-electron chi connectivity index (χ2n) is 5.60. The van der Waals surface area contributed by atoms with Crippen molar-refractivity contribution in [3.8, 4) is 16.9 Å². The second kappa shape index (κ2) is 5.76. The van der Waals surface area contributed by atoms with E-state index in [4.69, 9.17) is 4.74 Å². The summed E-state index contributed by atoms with van der Waals surface area (Å²) in [5.41, 5.74) is 0.999. The molecular formula is C18H11F2N3O3. The Labute approximate surface area is 145 Å². The highest BCUT2D eigenvalue weighted by molar-refractivity contribution is 6.06. The van der Waals surface area contributed by atoms with Crippen LogP contribution in [0.1, 0.15) is 10.5 Å². The van der Waals surface area contributed by atoms with Crippen LogP contribution in [0.5, 0.6) is 5.75 Å². The van der Waals surface area contributed by atoms with Crippen molar-refractivity contribution in [2.24, 2.45) is 0 Å². The van der Waals surface area contributed by atoms with Crippen LogP contribution in [0.25, 0.3) is 27.5 Å². The van der Waals surface area contributed by atoms with Crippen molar-refractivity contribution in [2.45, 2.75) is 0 Å². The van der Waals surface area contributed by atoms with Gasteiger partial charge in [0.2, 0.25) is 0 Å². The standard InChI is InChI=1S/C18H11F2N3O3/c1-26-18(25)15-16(24)13-3-2-9(10-4-11(19)7-12(20)5-10)6-14(13)17-21-8-22-23(15)17/h2-8,24H,1H3. The molecule has 0 aliphatic heterocycles. The number of halogens is 2. The Morgan fingerprint density at radius 1 is 1.08 bits per heavy atom. The highest BCUT2D eigenvalue weighted by Gasteiger charge is 2.22. The first kappa shape index (κ1) is 15.9. The molecule has 4 aromatic rings. The largest absolute Gasteiger partial charge is 0.505 e. The molecule has 2 aromatic heterocycles. The number of fused-ring (bicyclic) bond motifs is 3. The number of rotatable bonds is 2. The van der Waals surface area contributed by atoms with Crippen LogP contribution in [0.3, 0.4) is 0 Å². The van der Waals surface area contributed by atoms with Gasteiger partial charge in [-0.2, -0.15) is 5.10 Å². The summed E-state index contributed by atoms with van der Waals surface area (Å²) in [7, 11) is 1.19. The van der Waals surface area contributed by atoms with Crippen LogP contribution in [-0.2, 0) is 4.74 Å². The number of esters is 1. The van der Waals surface area contributed by atoms with Crippen molar-refractivity contribution in [1.82, 2.24) is 14.6 Å². The van der Waals surface area contributed by atoms with Gasteiger partial charge >= 0.3 is 5.97 Å². The summed E-state index contributed by atoms with van der Waals surface area (Å²) < 4.78 is 32.9. The van der Waals surface area contributed by atoms with Gasteiger partial charge in [-0.15, -0.1) is 0 Å². The van der Waals surface area contributed by atoms with Crippen LogP contribution < -0.4 is 0 Å². The third-order valence-electron chi connectivity index (χ3n) is 4.07. The molecule has 0 atom stereocenters. The zero-order valence-corrected chi connectivity index (χ0v) is 13.4. The summed E-state index contributed by atoms with van der Waals surface area (Å²) in [4.78, 5) is 16.1. The maximum atomic E-state index is 13.5. The number of carbonyl (C=O) groups excluding carboxylic acids is 1. The molecule has 4 rings (SSSR count). The molecule has 0 saturated carbocycles. The third-order valence-corrected chi connectivity index (χ3v) is 4.07. The van der Waals surface area contributed by atoms with E-state index in [2.05, 4.69) is 10.1 Å². The van der Waals surface area contributed by atoms with E-state index in [9.17, 15) is 18.7 Å². The van der Waals surface area contributed by atoms with Gasteiger partial charge in [-0.1, -0.05) is 6.07 Å². The van der Waals surface area contributed by atoms with Crippen LogP contribution in [0.15, 0.2) is 42.7 Å². The molecule has 2 aromatic carbocycles. The van der Waals surface area contributed by atoms with Gasteiger partial charge in [0, 0.05) is 16.8 Å². The molecule has 0 radical (unpaired) electrons. The molecule has 0 saturated heterocycles. The van der Waals surface area contributed by atoms with Gasteiger partial charge in [0.05, 0.1) is 7.11 Å². The highest BCUT2D eigenvalue weighted by atomic mass is 19.1. The molecule has 0 spiro atoms. The van der Waals surface area contributed by atoms with Crippen molar-refractivity contribution < 1.29 is 23.4 Å². The third kappa shape index (κ3) is 2.34. The number of aromatic hydroxyl groups is 1. The lowest BCUT2D eigenvalue weighted by molar-refractivity contribution is 0.0587. The number of benzene rings is 2. The lowest BCUT2D eigenvalue weighted by Gasteiger charge is -2.11. The van der Waals surface area contributed by atoms with E-state index in [0.717, 1.165) is 6.07 Å². The van der Waals surface area contributed by atoms with E-state index in [1.807, 2.05) is 0 Å². The molecule has 8 heteroatoms. The van der Waals surface area contributed by atoms with Crippen molar-refractivity contribution in [3.05, 3.63) is 60.1 Å². The maximum absolute atomic E-state index is 13.5. The molecule has 0 unspecified atom stereocenters. The van der Waals surface area contributed by atoms with Gasteiger partial charge in [-0.3, -0.25) is 0 Å². The van der Waals surface area contributed by atoms with Gasteiger partial charge in [0.15, 0.2) is 17.1 Å². The minimum absolute atomic E-state index is 0.156. The quantitative estimate of drug-likeness (QED) is 0.558. The summed E-state index contributed by atoms with van der Waals surface area (Å²) in [6.07, 6.45) is 1.23. The molecule has 1 N–H and O–H groups in total. The fraction of sp³-hybridized carbons (Fsp3) is 0.0556. The lowest BCUT2D eigenvalue weighted by Crippen LogP contribution is -2.10. The first-order valence-corrected chi connectivity index (χ1v) is 7.53. The summed E-state index contributed by atoms with van der Waals surface area (Å²) in [5.74, 6) is -2.48. The molecule has 6 nitrogen and oxygen atoms in total. The van der Waals surface area contributed by atoms with E-state index in [0.29, 0.717) is 27.5 Å². The number of ether oxygens (including phenoxy) is 1. The Kier molecular flexibility index (Phi) is 3.54. The maximum Gasteiger partial charge on any atom is 0.360 e. The first-order valence-electron chi connectivity index (χ1n) is 7.53. The molecule has 130 valence electrons. The summed E-state index contributed by atoms with van der Waals surface area (Å²) in [5, 5.41) is 15.3. The second-order valence-corrected chi connectivity index (χ2v) is 5.60. The Hall–Kier alpha value is -3.55. The lowest BCUT2D eigenvalue weighted by atomic mass is 10.0. The Morgan fingerprint density at radius 2 is 1.81 bits per heavy atom. The molecule has 0 fully saturated rings. The summed E-state index contributed by atoms with van der Waals surface area (Å²) in [6, 6.07) is 7.94. The number of hydrogen-bond donors (Lipinski definition) is 1. The predicted molar refractivity (Wildman–Crippen MR) is 88.8 cm³/mol. The van der Waals surface area contributed by atoms with Crippen LogP contribution in [0.4, 0.5) is 8.78 Å². The number of hydrogen-bond acceptors (Lipinski definition) is 5. The first-order chi connectivity index (χ1) is 12.5. The Balaban J connectivity index is 2.04. The fourth-order valence-corrected chi connectivity index (χ4v) is 2.93. The van der Waals surface area contributed by atoms with Crippen molar-refractivity contribution in [2.75, 3.05) is 7.11 Å². The SMILES string of the molecule is COC(=O)c1c(O)c2ccc(-c3cc(F)cc(F)c3)cc2c2ncnn12. The minimum Gasteiger partial charge on any atom is -0.505 e. The highest BCUT2D eigenvalue weighted by Crippen LogP contribution is 2.34. The van der Waals surface area contributed by atoms with E-state index in [-0.39, 0.29) is 11.4 Å². The van der Waals surface area contributed by atoms with E-state index in [1.54, 1.807) is 18.2 Å². The minimum atomic E-state index is -0.767. The fourth-order valence-electron chi connectivity index (χ4n) is 2.93. The number of pyridine rings is 1. The van der Waals surface area contributed by atoms with Crippen molar-refractivity contribution in [3.63, 3.8) is 0 Å². The summed E-state index contributed by atoms with van der Waals surface area (Å²) >= 11 is 0.